The highest BCUT2D eigenvalue weighted by atomic mass is 16.7. The molecule has 1 amide bonds. The Morgan fingerprint density at radius 3 is 2.60 bits per heavy atom. The number of hydrogen-bond acceptors (Lipinski definition) is 3. The molecule has 1 saturated heterocycles. The second-order valence-corrected chi connectivity index (χ2v) is 7.96. The van der Waals surface area contributed by atoms with Gasteiger partial charge in [0.1, 0.15) is 0 Å². The molecular weight excluding hydrogens is 315 g/mol. The third-order valence-electron chi connectivity index (χ3n) is 6.14. The molecule has 1 aliphatic carbocycles. The highest BCUT2D eigenvalue weighted by molar-refractivity contribution is 6.00. The van der Waals surface area contributed by atoms with Crippen molar-refractivity contribution in [2.45, 2.75) is 43.6 Å². The van der Waals surface area contributed by atoms with E-state index in [1.165, 1.54) is 0 Å². The number of nitrogens with zero attached hydrogens (tertiary/aromatic N) is 1. The van der Waals surface area contributed by atoms with Crippen molar-refractivity contribution in [1.29, 1.82) is 0 Å². The van der Waals surface area contributed by atoms with Crippen LogP contribution in [0.15, 0.2) is 48.5 Å². The maximum absolute atomic E-state index is 13.3. The zero-order valence-electron chi connectivity index (χ0n) is 14.5. The summed E-state index contributed by atoms with van der Waals surface area (Å²) in [6.07, 6.45) is 1.55. The molecule has 1 fully saturated rings. The third-order valence-corrected chi connectivity index (χ3v) is 6.14. The lowest BCUT2D eigenvalue weighted by molar-refractivity contribution is -0.272. The SMILES string of the molecule is CC1(C)COC2(O)N1[13C](=O)c1cccc3c1C2(c1ccccc1)CC3. The van der Waals surface area contributed by atoms with Crippen LogP contribution in [0.5, 0.6) is 0 Å². The summed E-state index contributed by atoms with van der Waals surface area (Å²) in [6.45, 7) is 4.21. The van der Waals surface area contributed by atoms with E-state index in [0.717, 1.165) is 29.5 Å². The summed E-state index contributed by atoms with van der Waals surface area (Å²) in [5, 5.41) is 11.8. The molecule has 2 heterocycles. The van der Waals surface area contributed by atoms with Gasteiger partial charge in [-0.2, -0.15) is 0 Å². The Morgan fingerprint density at radius 2 is 1.84 bits per heavy atom. The Hall–Kier alpha value is -2.17. The first-order valence-electron chi connectivity index (χ1n) is 8.81. The molecule has 4 nitrogen and oxygen atoms in total. The van der Waals surface area contributed by atoms with Gasteiger partial charge in [-0.3, -0.25) is 9.69 Å². The first-order valence-corrected chi connectivity index (χ1v) is 8.81. The second-order valence-electron chi connectivity index (χ2n) is 7.96. The van der Waals surface area contributed by atoms with Gasteiger partial charge in [-0.05, 0) is 49.4 Å². The van der Waals surface area contributed by atoms with Crippen LogP contribution in [0.25, 0.3) is 0 Å². The predicted molar refractivity (Wildman–Crippen MR) is 93.1 cm³/mol. The molecule has 2 unspecified atom stereocenters. The summed E-state index contributed by atoms with van der Waals surface area (Å²) in [4.78, 5) is 14.9. The molecule has 5 rings (SSSR count). The molecule has 2 atom stereocenters. The molecule has 0 bridgehead atoms. The van der Waals surface area contributed by atoms with Crippen molar-refractivity contribution in [2.24, 2.45) is 0 Å². The zero-order valence-corrected chi connectivity index (χ0v) is 14.5. The number of carbonyl (C=O) groups excluding carboxylic acids is 1. The second kappa shape index (κ2) is 4.51. The van der Waals surface area contributed by atoms with Gasteiger partial charge in [-0.1, -0.05) is 42.5 Å². The largest absolute Gasteiger partial charge is 0.348 e. The Kier molecular flexibility index (Phi) is 2.73. The topological polar surface area (TPSA) is 49.8 Å². The van der Waals surface area contributed by atoms with Crippen LogP contribution in [0.1, 0.15) is 47.3 Å². The fourth-order valence-electron chi connectivity index (χ4n) is 5.13. The van der Waals surface area contributed by atoms with Crippen LogP contribution in [0, 0.1) is 0 Å². The van der Waals surface area contributed by atoms with Gasteiger partial charge in [0.2, 0.25) is 0 Å². The third kappa shape index (κ3) is 1.57. The Labute approximate surface area is 147 Å². The highest BCUT2D eigenvalue weighted by Gasteiger charge is 2.70. The normalized spacial score (nSPS) is 31.8. The van der Waals surface area contributed by atoms with Crippen LogP contribution >= 0.6 is 0 Å². The van der Waals surface area contributed by atoms with Crippen molar-refractivity contribution in [3.05, 3.63) is 70.8 Å². The van der Waals surface area contributed by atoms with Crippen LogP contribution in [-0.2, 0) is 16.6 Å². The highest BCUT2D eigenvalue weighted by Crippen LogP contribution is 2.60. The number of benzene rings is 2. The molecule has 0 aromatic heterocycles. The molecule has 0 radical (unpaired) electrons. The van der Waals surface area contributed by atoms with E-state index in [1.807, 2.05) is 56.3 Å². The lowest BCUT2D eigenvalue weighted by Gasteiger charge is -2.52. The van der Waals surface area contributed by atoms with Gasteiger partial charge in [0, 0.05) is 5.56 Å². The predicted octanol–water partition coefficient (Wildman–Crippen LogP) is 2.83. The number of rotatable bonds is 1. The monoisotopic (exact) mass is 336 g/mol. The summed E-state index contributed by atoms with van der Waals surface area (Å²) in [5.41, 5.74) is 2.46. The van der Waals surface area contributed by atoms with E-state index < -0.39 is 16.9 Å². The van der Waals surface area contributed by atoms with Gasteiger partial charge in [0.05, 0.1) is 17.6 Å². The lowest BCUT2D eigenvalue weighted by atomic mass is 9.69. The van der Waals surface area contributed by atoms with Crippen LogP contribution < -0.4 is 0 Å². The van der Waals surface area contributed by atoms with E-state index in [2.05, 4.69) is 6.07 Å². The molecule has 1 N–H and O–H groups in total. The van der Waals surface area contributed by atoms with Gasteiger partial charge in [-0.15, -0.1) is 0 Å². The van der Waals surface area contributed by atoms with Gasteiger partial charge < -0.3 is 9.84 Å². The van der Waals surface area contributed by atoms with Gasteiger partial charge in [0.25, 0.3) is 11.8 Å². The molecule has 0 saturated carbocycles. The number of fused-ring (bicyclic) bond motifs is 2. The molecular formula is C21H21NO3. The Bertz CT molecular complexity index is 891. The van der Waals surface area contributed by atoms with Gasteiger partial charge in [0.15, 0.2) is 0 Å². The van der Waals surface area contributed by atoms with E-state index in [9.17, 15) is 9.90 Å². The molecule has 4 heteroatoms. The first kappa shape index (κ1) is 15.1. The summed E-state index contributed by atoms with van der Waals surface area (Å²) in [7, 11) is 0. The van der Waals surface area contributed by atoms with Crippen LogP contribution in [0.4, 0.5) is 0 Å². The average Bonchev–Trinajstić information content (AvgIpc) is 3.12. The Morgan fingerprint density at radius 1 is 1.08 bits per heavy atom. The lowest BCUT2D eigenvalue weighted by Crippen LogP contribution is -2.68. The number of amides is 1. The number of aryl methyl sites for hydroxylation is 1. The number of hydrogen-bond donors (Lipinski definition) is 1. The molecule has 2 aromatic carbocycles. The molecule has 2 aromatic rings. The fourth-order valence-corrected chi connectivity index (χ4v) is 5.13. The van der Waals surface area contributed by atoms with Crippen molar-refractivity contribution < 1.29 is 14.6 Å². The fraction of sp³-hybridized carbons (Fsp3) is 0.381. The number of carbonyl (C=O) groups is 1. The van der Waals surface area contributed by atoms with Crippen molar-refractivity contribution >= 4 is 5.91 Å². The minimum atomic E-state index is -1.66. The maximum atomic E-state index is 13.3. The van der Waals surface area contributed by atoms with Crippen LogP contribution in [0.2, 0.25) is 0 Å². The van der Waals surface area contributed by atoms with E-state index >= 15 is 0 Å². The minimum absolute atomic E-state index is 0.143. The van der Waals surface area contributed by atoms with E-state index in [4.69, 9.17) is 4.74 Å². The van der Waals surface area contributed by atoms with Gasteiger partial charge in [-0.25, -0.2) is 0 Å². The van der Waals surface area contributed by atoms with E-state index in [-0.39, 0.29) is 5.91 Å². The maximum Gasteiger partial charge on any atom is 0.266 e. The minimum Gasteiger partial charge on any atom is -0.348 e. The van der Waals surface area contributed by atoms with Crippen LogP contribution in [-0.4, -0.2) is 34.0 Å². The average molecular weight is 336 g/mol. The summed E-state index contributed by atoms with van der Waals surface area (Å²) in [5.74, 6) is -1.80. The molecule has 0 spiro atoms. The quantitative estimate of drug-likeness (QED) is 0.815. The van der Waals surface area contributed by atoms with E-state index in [1.54, 1.807) is 4.90 Å². The standard InChI is InChI=1S/C21H21NO3/c1-19(2)13-25-21(24)20(15-8-4-3-5-9-15)12-11-14-7-6-10-16(17(14)20)18(23)22(19)21/h3-10,24H,11-13H2,1-2H3/i18+1. The van der Waals surface area contributed by atoms with Crippen molar-refractivity contribution in [3.63, 3.8) is 0 Å². The summed E-state index contributed by atoms with van der Waals surface area (Å²) in [6, 6.07) is 15.9. The van der Waals surface area contributed by atoms with Crippen molar-refractivity contribution in [2.75, 3.05) is 6.61 Å². The Balaban J connectivity index is 1.91. The number of ether oxygens (including phenoxy) is 1. The molecule has 25 heavy (non-hydrogen) atoms. The molecule has 128 valence electrons. The smallest absolute Gasteiger partial charge is 0.266 e. The van der Waals surface area contributed by atoms with Crippen LogP contribution in [0.3, 0.4) is 0 Å². The summed E-state index contributed by atoms with van der Waals surface area (Å²) < 4.78 is 6.04. The summed E-state index contributed by atoms with van der Waals surface area (Å²) >= 11 is 0. The number of aliphatic hydroxyl groups is 1. The van der Waals surface area contributed by atoms with Gasteiger partial charge >= 0.3 is 0 Å². The van der Waals surface area contributed by atoms with Crippen molar-refractivity contribution in [1.82, 2.24) is 4.90 Å². The molecule has 2 aliphatic heterocycles. The van der Waals surface area contributed by atoms with Crippen molar-refractivity contribution in [3.8, 4) is 0 Å². The molecule has 3 aliphatic rings. The first-order chi connectivity index (χ1) is 11.9. The van der Waals surface area contributed by atoms with E-state index in [0.29, 0.717) is 12.2 Å². The zero-order chi connectivity index (χ0) is 17.4.